The van der Waals surface area contributed by atoms with Crippen molar-refractivity contribution in [3.63, 3.8) is 0 Å². The standard InChI is InChI=1S/C23H36N4O3/c28-20(26-6-8-27(9-7-26)21(29)19-2-1-3-19)4-5-24-22(30)25-23-13-16-10-17(14-23)12-18(11-16)15-23/h16-19H,1-15H2,(H2,24,25,30). The molecule has 1 saturated heterocycles. The van der Waals surface area contributed by atoms with Gasteiger partial charge in [0.25, 0.3) is 0 Å². The second-order valence-electron chi connectivity index (χ2n) is 10.7. The first kappa shape index (κ1) is 20.1. The Morgan fingerprint density at radius 2 is 1.40 bits per heavy atom. The molecule has 1 aliphatic heterocycles. The maximum absolute atomic E-state index is 12.5. The molecule has 7 nitrogen and oxygen atoms in total. The number of urea groups is 1. The van der Waals surface area contributed by atoms with Crippen LogP contribution in [0.15, 0.2) is 0 Å². The van der Waals surface area contributed by atoms with Crippen LogP contribution in [0.4, 0.5) is 4.79 Å². The van der Waals surface area contributed by atoms with E-state index in [4.69, 9.17) is 0 Å². The fourth-order valence-electron chi connectivity index (χ4n) is 7.08. The zero-order valence-electron chi connectivity index (χ0n) is 18.0. The van der Waals surface area contributed by atoms with Crippen LogP contribution in [0, 0.1) is 23.7 Å². The van der Waals surface area contributed by atoms with E-state index in [-0.39, 0.29) is 29.3 Å². The summed E-state index contributed by atoms with van der Waals surface area (Å²) in [6, 6.07) is -0.110. The Morgan fingerprint density at radius 3 is 1.93 bits per heavy atom. The van der Waals surface area contributed by atoms with Gasteiger partial charge in [0.1, 0.15) is 0 Å². The van der Waals surface area contributed by atoms with Crippen molar-refractivity contribution >= 4 is 17.8 Å². The summed E-state index contributed by atoms with van der Waals surface area (Å²) in [6.07, 6.45) is 11.0. The van der Waals surface area contributed by atoms with E-state index in [2.05, 4.69) is 10.6 Å². The maximum atomic E-state index is 12.5. The van der Waals surface area contributed by atoms with Crippen molar-refractivity contribution in [1.82, 2.24) is 20.4 Å². The number of rotatable bonds is 5. The van der Waals surface area contributed by atoms with Crippen LogP contribution < -0.4 is 10.6 Å². The minimum Gasteiger partial charge on any atom is -0.339 e. The molecule has 2 N–H and O–H groups in total. The molecule has 6 rings (SSSR count). The zero-order valence-corrected chi connectivity index (χ0v) is 18.0. The number of amides is 4. The van der Waals surface area contributed by atoms with E-state index in [1.165, 1.54) is 19.3 Å². The summed E-state index contributed by atoms with van der Waals surface area (Å²) in [5, 5.41) is 6.22. The third-order valence-corrected chi connectivity index (χ3v) is 8.44. The van der Waals surface area contributed by atoms with Crippen molar-refractivity contribution in [1.29, 1.82) is 0 Å². The first-order valence-electron chi connectivity index (χ1n) is 12.1. The highest BCUT2D eigenvalue weighted by Crippen LogP contribution is 2.55. The van der Waals surface area contributed by atoms with Gasteiger partial charge < -0.3 is 20.4 Å². The van der Waals surface area contributed by atoms with Crippen LogP contribution >= 0.6 is 0 Å². The molecule has 1 heterocycles. The number of piperazine rings is 1. The summed E-state index contributed by atoms with van der Waals surface area (Å²) in [6.45, 7) is 2.87. The molecule has 4 bridgehead atoms. The molecule has 4 amide bonds. The Kier molecular flexibility index (Phi) is 5.40. The van der Waals surface area contributed by atoms with Crippen molar-refractivity contribution in [3.05, 3.63) is 0 Å². The highest BCUT2D eigenvalue weighted by Gasteiger charge is 2.51. The molecule has 166 valence electrons. The third-order valence-electron chi connectivity index (χ3n) is 8.44. The predicted octanol–water partition coefficient (Wildman–Crippen LogP) is 2.12. The molecule has 5 aliphatic carbocycles. The highest BCUT2D eigenvalue weighted by molar-refractivity contribution is 5.81. The lowest BCUT2D eigenvalue weighted by atomic mass is 9.53. The minimum absolute atomic E-state index is 0.00610. The lowest BCUT2D eigenvalue weighted by Gasteiger charge is -2.56. The normalized spacial score (nSPS) is 35.1. The van der Waals surface area contributed by atoms with Gasteiger partial charge in [-0.25, -0.2) is 4.79 Å². The first-order valence-corrected chi connectivity index (χ1v) is 12.1. The van der Waals surface area contributed by atoms with Crippen LogP contribution in [0.1, 0.15) is 64.2 Å². The molecule has 0 unspecified atom stereocenters. The highest BCUT2D eigenvalue weighted by atomic mass is 16.2. The van der Waals surface area contributed by atoms with E-state index in [0.717, 1.165) is 56.3 Å². The minimum atomic E-state index is -0.110. The number of carbonyl (C=O) groups is 3. The first-order chi connectivity index (χ1) is 14.5. The van der Waals surface area contributed by atoms with Gasteiger partial charge in [-0.05, 0) is 69.1 Å². The summed E-state index contributed by atoms with van der Waals surface area (Å²) >= 11 is 0. The summed E-state index contributed by atoms with van der Waals surface area (Å²) in [5.74, 6) is 2.97. The SMILES string of the molecule is O=C(NCCC(=O)N1CCN(C(=O)C2CCC2)CC1)NC12CC3CC(CC(C3)C1)C2. The second kappa shape index (κ2) is 8.04. The van der Waals surface area contributed by atoms with Crippen molar-refractivity contribution < 1.29 is 14.4 Å². The lowest BCUT2D eigenvalue weighted by molar-refractivity contribution is -0.143. The molecule has 5 saturated carbocycles. The fraction of sp³-hybridized carbons (Fsp3) is 0.870. The molecule has 0 atom stereocenters. The van der Waals surface area contributed by atoms with Crippen molar-refractivity contribution in [2.45, 2.75) is 69.7 Å². The topological polar surface area (TPSA) is 81.8 Å². The molecule has 6 aliphatic rings. The van der Waals surface area contributed by atoms with Gasteiger partial charge in [-0.1, -0.05) is 6.42 Å². The smallest absolute Gasteiger partial charge is 0.315 e. The summed E-state index contributed by atoms with van der Waals surface area (Å²) in [5.41, 5.74) is 0.00610. The van der Waals surface area contributed by atoms with E-state index < -0.39 is 0 Å². The quantitative estimate of drug-likeness (QED) is 0.720. The fourth-order valence-corrected chi connectivity index (χ4v) is 7.08. The van der Waals surface area contributed by atoms with E-state index in [1.807, 2.05) is 9.80 Å². The van der Waals surface area contributed by atoms with E-state index >= 15 is 0 Å². The largest absolute Gasteiger partial charge is 0.339 e. The molecule has 6 fully saturated rings. The summed E-state index contributed by atoms with van der Waals surface area (Å²) in [4.78, 5) is 41.1. The Balaban J connectivity index is 1.02. The zero-order chi connectivity index (χ0) is 20.7. The molecule has 7 heteroatoms. The van der Waals surface area contributed by atoms with Crippen LogP contribution in [0.2, 0.25) is 0 Å². The molecular formula is C23H36N4O3. The average Bonchev–Trinajstić information content (AvgIpc) is 2.65. The Hall–Kier alpha value is -1.79. The molecule has 0 spiro atoms. The van der Waals surface area contributed by atoms with Crippen LogP contribution in [-0.2, 0) is 9.59 Å². The van der Waals surface area contributed by atoms with Crippen LogP contribution in [-0.4, -0.2) is 65.9 Å². The van der Waals surface area contributed by atoms with Crippen molar-refractivity contribution in [3.8, 4) is 0 Å². The van der Waals surface area contributed by atoms with Gasteiger partial charge in [0.05, 0.1) is 0 Å². The average molecular weight is 417 g/mol. The number of hydrogen-bond acceptors (Lipinski definition) is 3. The monoisotopic (exact) mass is 416 g/mol. The van der Waals surface area contributed by atoms with Gasteiger partial charge in [0.2, 0.25) is 11.8 Å². The number of nitrogens with one attached hydrogen (secondary N) is 2. The summed E-state index contributed by atoms with van der Waals surface area (Å²) < 4.78 is 0. The molecular weight excluding hydrogens is 380 g/mol. The van der Waals surface area contributed by atoms with Gasteiger partial charge in [-0.2, -0.15) is 0 Å². The Morgan fingerprint density at radius 1 is 0.833 bits per heavy atom. The van der Waals surface area contributed by atoms with Crippen LogP contribution in [0.5, 0.6) is 0 Å². The van der Waals surface area contributed by atoms with Crippen molar-refractivity contribution in [2.75, 3.05) is 32.7 Å². The van der Waals surface area contributed by atoms with Gasteiger partial charge in [-0.15, -0.1) is 0 Å². The van der Waals surface area contributed by atoms with Crippen molar-refractivity contribution in [2.24, 2.45) is 23.7 Å². The van der Waals surface area contributed by atoms with Gasteiger partial charge in [0, 0.05) is 50.6 Å². The third kappa shape index (κ3) is 4.04. The second-order valence-corrected chi connectivity index (χ2v) is 10.7. The van der Waals surface area contributed by atoms with Crippen LogP contribution in [0.25, 0.3) is 0 Å². The van der Waals surface area contributed by atoms with Gasteiger partial charge >= 0.3 is 6.03 Å². The number of nitrogens with zero attached hydrogens (tertiary/aromatic N) is 2. The molecule has 30 heavy (non-hydrogen) atoms. The van der Waals surface area contributed by atoms with Crippen LogP contribution in [0.3, 0.4) is 0 Å². The predicted molar refractivity (Wildman–Crippen MR) is 113 cm³/mol. The Labute approximate surface area is 179 Å². The lowest BCUT2D eigenvalue weighted by Crippen LogP contribution is -2.61. The van der Waals surface area contributed by atoms with E-state index in [0.29, 0.717) is 39.1 Å². The van der Waals surface area contributed by atoms with E-state index in [1.54, 1.807) is 0 Å². The molecule has 0 aromatic rings. The maximum Gasteiger partial charge on any atom is 0.315 e. The summed E-state index contributed by atoms with van der Waals surface area (Å²) in [7, 11) is 0. The number of hydrogen-bond donors (Lipinski definition) is 2. The van der Waals surface area contributed by atoms with E-state index in [9.17, 15) is 14.4 Å². The van der Waals surface area contributed by atoms with Gasteiger partial charge in [0.15, 0.2) is 0 Å². The number of carbonyl (C=O) groups excluding carboxylic acids is 3. The molecule has 0 radical (unpaired) electrons. The van der Waals surface area contributed by atoms with Gasteiger partial charge in [-0.3, -0.25) is 9.59 Å². The molecule has 0 aromatic heterocycles. The molecule has 0 aromatic carbocycles. The Bertz CT molecular complexity index is 661.